The van der Waals surface area contributed by atoms with E-state index in [1.165, 1.54) is 0 Å². The quantitative estimate of drug-likeness (QED) is 0.692. The molecule has 0 radical (unpaired) electrons. The minimum Gasteiger partial charge on any atom is -0.361 e. The van der Waals surface area contributed by atoms with Gasteiger partial charge in [-0.05, 0) is 26.0 Å². The normalized spacial score (nSPS) is 10.9. The standard InChI is InChI=1S/C15H13ClN4O2/c1-9-13(10(2)22-18-9)7-20-15(14(8-21)17-19-20)11-3-5-12(16)6-4-11/h3-6,8H,7H2,1-2H3. The summed E-state index contributed by atoms with van der Waals surface area (Å²) in [5, 5.41) is 12.6. The number of aromatic nitrogens is 4. The smallest absolute Gasteiger partial charge is 0.172 e. The molecular weight excluding hydrogens is 304 g/mol. The van der Waals surface area contributed by atoms with Gasteiger partial charge in [-0.2, -0.15) is 0 Å². The molecule has 0 unspecified atom stereocenters. The fraction of sp³-hybridized carbons (Fsp3) is 0.200. The van der Waals surface area contributed by atoms with Crippen LogP contribution in [0.5, 0.6) is 0 Å². The highest BCUT2D eigenvalue weighted by Crippen LogP contribution is 2.25. The molecule has 0 aliphatic heterocycles. The third kappa shape index (κ3) is 2.53. The van der Waals surface area contributed by atoms with E-state index in [1.54, 1.807) is 16.8 Å². The predicted octanol–water partition coefficient (Wildman–Crippen LogP) is 3.06. The third-order valence-electron chi connectivity index (χ3n) is 3.48. The lowest BCUT2D eigenvalue weighted by Gasteiger charge is -2.07. The summed E-state index contributed by atoms with van der Waals surface area (Å²) >= 11 is 5.91. The predicted molar refractivity (Wildman–Crippen MR) is 80.9 cm³/mol. The van der Waals surface area contributed by atoms with Gasteiger partial charge < -0.3 is 4.52 Å². The lowest BCUT2D eigenvalue weighted by Crippen LogP contribution is -2.06. The Morgan fingerprint density at radius 1 is 1.27 bits per heavy atom. The van der Waals surface area contributed by atoms with Gasteiger partial charge in [-0.3, -0.25) is 4.79 Å². The van der Waals surface area contributed by atoms with E-state index in [0.29, 0.717) is 23.5 Å². The topological polar surface area (TPSA) is 73.8 Å². The van der Waals surface area contributed by atoms with Crippen LogP contribution in [-0.2, 0) is 6.54 Å². The molecule has 2 heterocycles. The van der Waals surface area contributed by atoms with Crippen LogP contribution in [0.2, 0.25) is 5.02 Å². The number of hydrogen-bond acceptors (Lipinski definition) is 5. The Kier molecular flexibility index (Phi) is 3.77. The second-order valence-electron chi connectivity index (χ2n) is 4.91. The van der Waals surface area contributed by atoms with Gasteiger partial charge >= 0.3 is 0 Å². The first-order valence-electron chi connectivity index (χ1n) is 6.66. The summed E-state index contributed by atoms with van der Waals surface area (Å²) in [7, 11) is 0. The van der Waals surface area contributed by atoms with Crippen molar-refractivity contribution in [2.75, 3.05) is 0 Å². The maximum Gasteiger partial charge on any atom is 0.172 e. The molecule has 22 heavy (non-hydrogen) atoms. The van der Waals surface area contributed by atoms with Crippen LogP contribution in [0.1, 0.15) is 27.5 Å². The fourth-order valence-electron chi connectivity index (χ4n) is 2.30. The highest BCUT2D eigenvalue weighted by molar-refractivity contribution is 6.30. The van der Waals surface area contributed by atoms with Crippen molar-refractivity contribution in [1.29, 1.82) is 0 Å². The molecule has 0 fully saturated rings. The number of rotatable bonds is 4. The summed E-state index contributed by atoms with van der Waals surface area (Å²) in [5.74, 6) is 0.725. The Morgan fingerprint density at radius 2 is 2.00 bits per heavy atom. The van der Waals surface area contributed by atoms with Gasteiger partial charge in [-0.1, -0.05) is 34.1 Å². The Morgan fingerprint density at radius 3 is 2.59 bits per heavy atom. The molecule has 3 rings (SSSR count). The number of aryl methyl sites for hydroxylation is 2. The van der Waals surface area contributed by atoms with E-state index in [1.807, 2.05) is 26.0 Å². The number of nitrogens with zero attached hydrogens (tertiary/aromatic N) is 4. The van der Waals surface area contributed by atoms with Gasteiger partial charge in [0.15, 0.2) is 12.0 Å². The molecule has 0 atom stereocenters. The van der Waals surface area contributed by atoms with Crippen LogP contribution in [0.15, 0.2) is 28.8 Å². The highest BCUT2D eigenvalue weighted by Gasteiger charge is 2.17. The summed E-state index contributed by atoms with van der Waals surface area (Å²) < 4.78 is 6.83. The maximum absolute atomic E-state index is 11.2. The molecule has 112 valence electrons. The number of carbonyl (C=O) groups is 1. The van der Waals surface area contributed by atoms with Gasteiger partial charge in [0.25, 0.3) is 0 Å². The van der Waals surface area contributed by atoms with Crippen molar-refractivity contribution in [1.82, 2.24) is 20.2 Å². The zero-order chi connectivity index (χ0) is 15.7. The molecule has 0 aliphatic carbocycles. The van der Waals surface area contributed by atoms with E-state index in [9.17, 15) is 4.79 Å². The van der Waals surface area contributed by atoms with Crippen LogP contribution in [0.4, 0.5) is 0 Å². The number of halogens is 1. The molecule has 0 amide bonds. The Hall–Kier alpha value is -2.47. The van der Waals surface area contributed by atoms with Gasteiger partial charge in [-0.25, -0.2) is 4.68 Å². The van der Waals surface area contributed by atoms with E-state index < -0.39 is 0 Å². The summed E-state index contributed by atoms with van der Waals surface area (Å²) in [6, 6.07) is 7.19. The zero-order valence-corrected chi connectivity index (χ0v) is 12.8. The lowest BCUT2D eigenvalue weighted by molar-refractivity contribution is 0.111. The van der Waals surface area contributed by atoms with Crippen molar-refractivity contribution < 1.29 is 9.32 Å². The van der Waals surface area contributed by atoms with Crippen molar-refractivity contribution >= 4 is 17.9 Å². The molecule has 0 saturated carbocycles. The van der Waals surface area contributed by atoms with Crippen LogP contribution in [0.3, 0.4) is 0 Å². The van der Waals surface area contributed by atoms with E-state index in [4.69, 9.17) is 16.1 Å². The first-order chi connectivity index (χ1) is 10.6. The van der Waals surface area contributed by atoms with Crippen LogP contribution in [0.25, 0.3) is 11.3 Å². The molecule has 3 aromatic rings. The molecule has 1 aromatic carbocycles. The van der Waals surface area contributed by atoms with Crippen LogP contribution >= 0.6 is 11.6 Å². The van der Waals surface area contributed by atoms with Gasteiger partial charge in [0.05, 0.1) is 17.9 Å². The summed E-state index contributed by atoms with van der Waals surface area (Å²) in [6.07, 6.45) is 0.695. The molecule has 0 saturated heterocycles. The van der Waals surface area contributed by atoms with Crippen molar-refractivity contribution in [3.63, 3.8) is 0 Å². The van der Waals surface area contributed by atoms with Gasteiger partial charge in [0.1, 0.15) is 5.76 Å². The Bertz CT molecular complexity index is 801. The fourth-order valence-corrected chi connectivity index (χ4v) is 2.42. The monoisotopic (exact) mass is 316 g/mol. The number of benzene rings is 1. The van der Waals surface area contributed by atoms with Gasteiger partial charge in [0.2, 0.25) is 0 Å². The highest BCUT2D eigenvalue weighted by atomic mass is 35.5. The largest absolute Gasteiger partial charge is 0.361 e. The van der Waals surface area contributed by atoms with Crippen LogP contribution < -0.4 is 0 Å². The van der Waals surface area contributed by atoms with Crippen molar-refractivity contribution in [3.05, 3.63) is 52.0 Å². The minimum absolute atomic E-state index is 0.286. The average Bonchev–Trinajstić information content (AvgIpc) is 3.06. The Balaban J connectivity index is 2.08. The SMILES string of the molecule is Cc1noc(C)c1Cn1nnc(C=O)c1-c1ccc(Cl)cc1. The zero-order valence-electron chi connectivity index (χ0n) is 12.1. The van der Waals surface area contributed by atoms with Crippen molar-refractivity contribution in [2.45, 2.75) is 20.4 Å². The summed E-state index contributed by atoms with van der Waals surface area (Å²) in [5.41, 5.74) is 3.48. The average molecular weight is 317 g/mol. The molecular formula is C15H13ClN4O2. The molecule has 0 N–H and O–H groups in total. The number of carbonyl (C=O) groups excluding carboxylic acids is 1. The molecule has 0 spiro atoms. The molecule has 6 nitrogen and oxygen atoms in total. The van der Waals surface area contributed by atoms with E-state index in [2.05, 4.69) is 15.5 Å². The van der Waals surface area contributed by atoms with E-state index in [-0.39, 0.29) is 5.69 Å². The molecule has 0 bridgehead atoms. The molecule has 0 aliphatic rings. The number of hydrogen-bond donors (Lipinski definition) is 0. The summed E-state index contributed by atoms with van der Waals surface area (Å²) in [6.45, 7) is 4.14. The van der Waals surface area contributed by atoms with Gasteiger partial charge in [-0.15, -0.1) is 5.10 Å². The van der Waals surface area contributed by atoms with Crippen LogP contribution in [0, 0.1) is 13.8 Å². The minimum atomic E-state index is 0.286. The van der Waals surface area contributed by atoms with Gasteiger partial charge in [0, 0.05) is 16.1 Å². The first-order valence-corrected chi connectivity index (χ1v) is 7.04. The first kappa shape index (κ1) is 14.5. The van der Waals surface area contributed by atoms with E-state index in [0.717, 1.165) is 22.6 Å². The summed E-state index contributed by atoms with van der Waals surface area (Å²) in [4.78, 5) is 11.2. The number of aldehydes is 1. The van der Waals surface area contributed by atoms with Crippen LogP contribution in [-0.4, -0.2) is 26.4 Å². The maximum atomic E-state index is 11.2. The van der Waals surface area contributed by atoms with E-state index >= 15 is 0 Å². The van der Waals surface area contributed by atoms with Crippen molar-refractivity contribution in [3.8, 4) is 11.3 Å². The van der Waals surface area contributed by atoms with Crippen molar-refractivity contribution in [2.24, 2.45) is 0 Å². The second kappa shape index (κ2) is 5.73. The second-order valence-corrected chi connectivity index (χ2v) is 5.34. The lowest BCUT2D eigenvalue weighted by atomic mass is 10.1. The third-order valence-corrected chi connectivity index (χ3v) is 3.73. The molecule has 2 aromatic heterocycles. The Labute approximate surface area is 131 Å². The molecule has 7 heteroatoms.